The molecular formula is C19H19N3O4S. The van der Waals surface area contributed by atoms with Crippen molar-refractivity contribution < 1.29 is 18.8 Å². The number of anilines is 1. The monoisotopic (exact) mass is 385 g/mol. The molecular weight excluding hydrogens is 366 g/mol. The molecule has 1 aromatic heterocycles. The minimum Gasteiger partial charge on any atom is -0.497 e. The lowest BCUT2D eigenvalue weighted by Crippen LogP contribution is -2.12. The highest BCUT2D eigenvalue weighted by Gasteiger charge is 2.11. The van der Waals surface area contributed by atoms with E-state index in [4.69, 9.17) is 14.0 Å². The Morgan fingerprint density at radius 1 is 1.15 bits per heavy atom. The van der Waals surface area contributed by atoms with Crippen LogP contribution >= 0.6 is 11.8 Å². The Morgan fingerprint density at radius 2 is 1.93 bits per heavy atom. The molecule has 3 rings (SSSR count). The third-order valence-corrected chi connectivity index (χ3v) is 4.70. The molecule has 1 N–H and O–H groups in total. The van der Waals surface area contributed by atoms with Crippen LogP contribution in [0.1, 0.15) is 22.1 Å². The predicted octanol–water partition coefficient (Wildman–Crippen LogP) is 3.94. The molecule has 0 aliphatic carbocycles. The molecule has 0 atom stereocenters. The van der Waals surface area contributed by atoms with Gasteiger partial charge >= 0.3 is 0 Å². The third kappa shape index (κ3) is 4.79. The minimum atomic E-state index is -0.231. The summed E-state index contributed by atoms with van der Waals surface area (Å²) in [6.45, 7) is 1.78. The molecule has 0 unspecified atom stereocenters. The first kappa shape index (κ1) is 18.8. The van der Waals surface area contributed by atoms with Gasteiger partial charge in [0.15, 0.2) is 5.82 Å². The van der Waals surface area contributed by atoms with Gasteiger partial charge in [-0.1, -0.05) is 5.16 Å². The van der Waals surface area contributed by atoms with Gasteiger partial charge in [0.1, 0.15) is 11.5 Å². The van der Waals surface area contributed by atoms with E-state index in [-0.39, 0.29) is 5.91 Å². The van der Waals surface area contributed by atoms with E-state index in [2.05, 4.69) is 15.5 Å². The van der Waals surface area contributed by atoms with Gasteiger partial charge in [-0.25, -0.2) is 0 Å². The van der Waals surface area contributed by atoms with Crippen molar-refractivity contribution >= 4 is 23.4 Å². The van der Waals surface area contributed by atoms with E-state index in [0.717, 1.165) is 4.90 Å². The van der Waals surface area contributed by atoms with E-state index >= 15 is 0 Å². The van der Waals surface area contributed by atoms with E-state index < -0.39 is 0 Å². The molecule has 7 nitrogen and oxygen atoms in total. The van der Waals surface area contributed by atoms with E-state index in [1.165, 1.54) is 0 Å². The fraction of sp³-hybridized carbons (Fsp3) is 0.211. The molecule has 3 aromatic rings. The first-order valence-electron chi connectivity index (χ1n) is 8.14. The van der Waals surface area contributed by atoms with E-state index in [0.29, 0.717) is 40.2 Å². The van der Waals surface area contributed by atoms with Crippen molar-refractivity contribution in [3.8, 4) is 11.5 Å². The summed E-state index contributed by atoms with van der Waals surface area (Å²) in [5.74, 6) is 2.73. The molecule has 0 aliphatic heterocycles. The van der Waals surface area contributed by atoms with Crippen LogP contribution in [0.3, 0.4) is 0 Å². The predicted molar refractivity (Wildman–Crippen MR) is 103 cm³/mol. The summed E-state index contributed by atoms with van der Waals surface area (Å²) in [6.07, 6.45) is 0. The second kappa shape index (κ2) is 8.59. The molecule has 0 saturated heterocycles. The number of nitrogens with zero attached hydrogens (tertiary/aromatic N) is 2. The Bertz CT molecular complexity index is 925. The molecule has 2 aromatic carbocycles. The average molecular weight is 385 g/mol. The van der Waals surface area contributed by atoms with Crippen LogP contribution in [-0.2, 0) is 5.75 Å². The van der Waals surface area contributed by atoms with Crippen LogP contribution in [-0.4, -0.2) is 30.3 Å². The molecule has 1 amide bonds. The number of benzene rings is 2. The van der Waals surface area contributed by atoms with Gasteiger partial charge in [-0.05, 0) is 43.3 Å². The number of nitrogens with one attached hydrogen (secondary N) is 1. The first-order valence-corrected chi connectivity index (χ1v) is 9.13. The Morgan fingerprint density at radius 3 is 2.56 bits per heavy atom. The summed E-state index contributed by atoms with van der Waals surface area (Å²) in [6, 6.07) is 12.5. The van der Waals surface area contributed by atoms with Crippen molar-refractivity contribution in [2.24, 2.45) is 0 Å². The summed E-state index contributed by atoms with van der Waals surface area (Å²) in [5, 5.41) is 6.61. The lowest BCUT2D eigenvalue weighted by atomic mass is 10.2. The Hall–Kier alpha value is -3.00. The maximum Gasteiger partial charge on any atom is 0.255 e. The van der Waals surface area contributed by atoms with Crippen molar-refractivity contribution in [3.05, 3.63) is 59.7 Å². The largest absolute Gasteiger partial charge is 0.497 e. The highest BCUT2D eigenvalue weighted by Crippen LogP contribution is 2.29. The van der Waals surface area contributed by atoms with E-state index in [1.54, 1.807) is 63.2 Å². The lowest BCUT2D eigenvalue weighted by Gasteiger charge is -2.12. The zero-order valence-electron chi connectivity index (χ0n) is 15.2. The summed E-state index contributed by atoms with van der Waals surface area (Å²) in [4.78, 5) is 17.7. The van der Waals surface area contributed by atoms with Crippen LogP contribution in [0.2, 0.25) is 0 Å². The molecule has 140 valence electrons. The summed E-state index contributed by atoms with van der Waals surface area (Å²) < 4.78 is 15.6. The van der Waals surface area contributed by atoms with Crippen LogP contribution in [0.5, 0.6) is 11.5 Å². The van der Waals surface area contributed by atoms with Gasteiger partial charge in [0.25, 0.3) is 5.91 Å². The Balaban J connectivity index is 1.65. The number of thioether (sulfide) groups is 1. The molecule has 0 aliphatic rings. The second-order valence-electron chi connectivity index (χ2n) is 5.57. The van der Waals surface area contributed by atoms with Crippen molar-refractivity contribution in [2.45, 2.75) is 17.6 Å². The molecule has 27 heavy (non-hydrogen) atoms. The quantitative estimate of drug-likeness (QED) is 0.616. The Labute approximate surface area is 161 Å². The second-order valence-corrected chi connectivity index (χ2v) is 6.62. The van der Waals surface area contributed by atoms with Gasteiger partial charge in [0, 0.05) is 16.5 Å². The summed E-state index contributed by atoms with van der Waals surface area (Å²) >= 11 is 1.56. The smallest absolute Gasteiger partial charge is 0.255 e. The molecule has 0 fully saturated rings. The number of aromatic nitrogens is 2. The molecule has 0 saturated carbocycles. The number of carbonyl (C=O) groups is 1. The van der Waals surface area contributed by atoms with Crippen molar-refractivity contribution in [1.29, 1.82) is 0 Å². The van der Waals surface area contributed by atoms with Crippen LogP contribution < -0.4 is 14.8 Å². The van der Waals surface area contributed by atoms with Crippen LogP contribution in [0.4, 0.5) is 5.69 Å². The topological polar surface area (TPSA) is 86.5 Å². The van der Waals surface area contributed by atoms with Crippen LogP contribution in [0, 0.1) is 6.92 Å². The van der Waals surface area contributed by atoms with Crippen molar-refractivity contribution in [1.82, 2.24) is 10.1 Å². The van der Waals surface area contributed by atoms with Gasteiger partial charge in [0.05, 0.1) is 25.7 Å². The number of methoxy groups -OCH3 is 2. The maximum atomic E-state index is 12.5. The summed E-state index contributed by atoms with van der Waals surface area (Å²) in [7, 11) is 3.12. The summed E-state index contributed by atoms with van der Waals surface area (Å²) in [5.41, 5.74) is 1.09. The number of ether oxygens (including phenoxy) is 2. The fourth-order valence-electron chi connectivity index (χ4n) is 2.35. The van der Waals surface area contributed by atoms with Gasteiger partial charge < -0.3 is 19.3 Å². The normalized spacial score (nSPS) is 10.5. The average Bonchev–Trinajstić information content (AvgIpc) is 3.12. The Kier molecular flexibility index (Phi) is 5.97. The van der Waals surface area contributed by atoms with Crippen LogP contribution in [0.15, 0.2) is 51.9 Å². The maximum absolute atomic E-state index is 12.5. The van der Waals surface area contributed by atoms with Crippen molar-refractivity contribution in [3.63, 3.8) is 0 Å². The van der Waals surface area contributed by atoms with E-state index in [9.17, 15) is 4.79 Å². The number of aryl methyl sites for hydroxylation is 1. The number of hydrogen-bond donors (Lipinski definition) is 1. The van der Waals surface area contributed by atoms with Crippen molar-refractivity contribution in [2.75, 3.05) is 19.5 Å². The zero-order chi connectivity index (χ0) is 19.2. The van der Waals surface area contributed by atoms with Gasteiger partial charge in [-0.2, -0.15) is 4.98 Å². The van der Waals surface area contributed by atoms with Gasteiger partial charge in [-0.3, -0.25) is 4.79 Å². The molecule has 1 heterocycles. The highest BCUT2D eigenvalue weighted by atomic mass is 32.2. The zero-order valence-corrected chi connectivity index (χ0v) is 16.0. The molecule has 0 bridgehead atoms. The first-order chi connectivity index (χ1) is 13.1. The number of rotatable bonds is 7. The fourth-order valence-corrected chi connectivity index (χ4v) is 3.09. The highest BCUT2D eigenvalue weighted by molar-refractivity contribution is 7.98. The van der Waals surface area contributed by atoms with E-state index in [1.807, 2.05) is 12.1 Å². The van der Waals surface area contributed by atoms with Gasteiger partial charge in [-0.15, -0.1) is 11.8 Å². The SMILES string of the molecule is COc1ccc(OC)c(NC(=O)c2ccc(SCc3nc(C)no3)cc2)c1. The molecule has 8 heteroatoms. The minimum absolute atomic E-state index is 0.231. The molecule has 0 spiro atoms. The number of carbonyl (C=O) groups excluding carboxylic acids is 1. The number of hydrogen-bond acceptors (Lipinski definition) is 7. The van der Waals surface area contributed by atoms with Gasteiger partial charge in [0.2, 0.25) is 5.89 Å². The van der Waals surface area contributed by atoms with Crippen LogP contribution in [0.25, 0.3) is 0 Å². The third-order valence-electron chi connectivity index (χ3n) is 3.70. The lowest BCUT2D eigenvalue weighted by molar-refractivity contribution is 0.102. The standard InChI is InChI=1S/C19H19N3O4S/c1-12-20-18(26-22-12)11-27-15-7-4-13(5-8-15)19(23)21-16-10-14(24-2)6-9-17(16)25-3/h4-10H,11H2,1-3H3,(H,21,23). The number of amides is 1. The molecule has 0 radical (unpaired) electrons.